The SMILES string of the molecule is C/C(C(=O)Nc1ccc(C(=O)NS(C)(=O)=O)cc1)=C(/O)[C@@H]1Oc2c(O)ccc3c2[C@@]12CCN(CC1CC1)[C@H](C3)[C@@]2(C)O. The van der Waals surface area contributed by atoms with Crippen molar-refractivity contribution in [3.63, 3.8) is 0 Å². The van der Waals surface area contributed by atoms with E-state index in [-0.39, 0.29) is 34.4 Å². The number of piperidine rings is 1. The molecule has 2 aliphatic heterocycles. The number of nitrogens with zero attached hydrogens (tertiary/aromatic N) is 1. The zero-order valence-electron chi connectivity index (χ0n) is 23.7. The van der Waals surface area contributed by atoms with Crippen LogP contribution in [-0.2, 0) is 26.7 Å². The Morgan fingerprint density at radius 1 is 1.14 bits per heavy atom. The third kappa shape index (κ3) is 4.52. The van der Waals surface area contributed by atoms with Crippen molar-refractivity contribution < 1.29 is 38.1 Å². The summed E-state index contributed by atoms with van der Waals surface area (Å²) in [5.74, 6) is -0.987. The fourth-order valence-electron chi connectivity index (χ4n) is 7.04. The molecule has 2 aromatic carbocycles. The van der Waals surface area contributed by atoms with Gasteiger partial charge in [-0.3, -0.25) is 14.5 Å². The third-order valence-corrected chi connectivity index (χ3v) is 9.95. The van der Waals surface area contributed by atoms with Crippen LogP contribution in [0.15, 0.2) is 47.7 Å². The first-order valence-electron chi connectivity index (χ1n) is 14.0. The van der Waals surface area contributed by atoms with E-state index in [9.17, 15) is 33.3 Å². The number of rotatable bonds is 7. The van der Waals surface area contributed by atoms with Gasteiger partial charge in [-0.05, 0) is 87.9 Å². The molecule has 5 N–H and O–H groups in total. The normalized spacial score (nSPS) is 28.8. The van der Waals surface area contributed by atoms with Gasteiger partial charge in [-0.25, -0.2) is 13.1 Å². The summed E-state index contributed by atoms with van der Waals surface area (Å²) in [7, 11) is -3.73. The molecule has 12 heteroatoms. The molecule has 1 spiro atoms. The van der Waals surface area contributed by atoms with Crippen LogP contribution < -0.4 is 14.8 Å². The van der Waals surface area contributed by atoms with Gasteiger partial charge in [0.05, 0.1) is 22.8 Å². The van der Waals surface area contributed by atoms with Gasteiger partial charge in [0.2, 0.25) is 10.0 Å². The van der Waals surface area contributed by atoms with Crippen molar-refractivity contribution in [3.8, 4) is 11.5 Å². The molecule has 2 bridgehead atoms. The quantitative estimate of drug-likeness (QED) is 0.238. The second-order valence-electron chi connectivity index (χ2n) is 12.2. The number of likely N-dealkylation sites (tertiary alicyclic amines) is 1. The Kier molecular flexibility index (Phi) is 6.59. The van der Waals surface area contributed by atoms with Gasteiger partial charge in [0.25, 0.3) is 11.8 Å². The molecule has 4 atom stereocenters. The van der Waals surface area contributed by atoms with Gasteiger partial charge < -0.3 is 25.4 Å². The van der Waals surface area contributed by atoms with Gasteiger partial charge in [0, 0.05) is 29.4 Å². The molecule has 2 heterocycles. The van der Waals surface area contributed by atoms with E-state index in [4.69, 9.17) is 4.74 Å². The predicted octanol–water partition coefficient (Wildman–Crippen LogP) is 2.34. The second-order valence-corrected chi connectivity index (χ2v) is 14.0. The van der Waals surface area contributed by atoms with Gasteiger partial charge in [-0.15, -0.1) is 0 Å². The van der Waals surface area contributed by atoms with Crippen LogP contribution in [0.2, 0.25) is 0 Å². The van der Waals surface area contributed by atoms with Crippen LogP contribution in [0, 0.1) is 5.92 Å². The number of aliphatic hydroxyl groups excluding tert-OH is 1. The molecule has 0 unspecified atom stereocenters. The molecule has 224 valence electrons. The molecule has 0 radical (unpaired) electrons. The number of fused-ring (bicyclic) bond motifs is 1. The number of sulfonamides is 1. The molecule has 1 saturated carbocycles. The zero-order valence-corrected chi connectivity index (χ0v) is 24.5. The van der Waals surface area contributed by atoms with Gasteiger partial charge in [0.1, 0.15) is 5.76 Å². The Morgan fingerprint density at radius 2 is 1.83 bits per heavy atom. The van der Waals surface area contributed by atoms with E-state index in [2.05, 4.69) is 10.2 Å². The number of carbonyl (C=O) groups is 2. The molecule has 0 aromatic heterocycles. The standard InChI is InChI=1S/C30H35N3O8S/c1-16(27(36)31-20-9-6-18(7-10-20)28(37)32-42(3,39)40)24(35)26-30-12-13-33(15-17-4-5-17)22(29(30,2)38)14-19-8-11-21(34)25(41-26)23(19)30/h6-11,17,22,26,34-35,38H,4-5,12-15H2,1-3H3,(H,31,36)(H,32,37)/b24-16-/t22-,26+,29-,30+/m1/s1. The minimum Gasteiger partial charge on any atom is -0.508 e. The third-order valence-electron chi connectivity index (χ3n) is 9.40. The smallest absolute Gasteiger partial charge is 0.264 e. The molecule has 11 nitrogen and oxygen atoms in total. The van der Waals surface area contributed by atoms with E-state index in [0.717, 1.165) is 18.4 Å². The lowest BCUT2D eigenvalue weighted by molar-refractivity contribution is -0.153. The summed E-state index contributed by atoms with van der Waals surface area (Å²) in [6.07, 6.45) is 3.19. The fourth-order valence-corrected chi connectivity index (χ4v) is 7.50. The first-order valence-corrected chi connectivity index (χ1v) is 15.9. The maximum Gasteiger partial charge on any atom is 0.264 e. The maximum absolute atomic E-state index is 13.3. The molecule has 6 rings (SSSR count). The largest absolute Gasteiger partial charge is 0.508 e. The first kappa shape index (κ1) is 28.5. The number of carbonyl (C=O) groups excluding carboxylic acids is 2. The highest BCUT2D eigenvalue weighted by atomic mass is 32.2. The Labute approximate surface area is 244 Å². The fraction of sp³-hybridized carbons (Fsp3) is 0.467. The van der Waals surface area contributed by atoms with E-state index in [1.165, 1.54) is 44.0 Å². The van der Waals surface area contributed by atoms with E-state index < -0.39 is 39.0 Å². The summed E-state index contributed by atoms with van der Waals surface area (Å²) >= 11 is 0. The molecule has 1 saturated heterocycles. The van der Waals surface area contributed by atoms with E-state index >= 15 is 0 Å². The molecular formula is C30H35N3O8S. The summed E-state index contributed by atoms with van der Waals surface area (Å²) in [4.78, 5) is 27.7. The highest BCUT2D eigenvalue weighted by Crippen LogP contribution is 2.63. The molecular weight excluding hydrogens is 562 g/mol. The van der Waals surface area contributed by atoms with E-state index in [1.807, 2.05) is 10.8 Å². The van der Waals surface area contributed by atoms with E-state index in [1.54, 1.807) is 13.0 Å². The number of benzene rings is 2. The number of phenolic OH excluding ortho intramolecular Hbond substituents is 1. The Morgan fingerprint density at radius 3 is 2.48 bits per heavy atom. The monoisotopic (exact) mass is 597 g/mol. The van der Waals surface area contributed by atoms with Crippen molar-refractivity contribution in [1.82, 2.24) is 9.62 Å². The Hall–Kier alpha value is -3.61. The van der Waals surface area contributed by atoms with Gasteiger partial charge in [-0.1, -0.05) is 6.07 Å². The number of hydrogen-bond donors (Lipinski definition) is 5. The molecule has 2 fully saturated rings. The Balaban J connectivity index is 1.30. The lowest BCUT2D eigenvalue weighted by atomic mass is 9.53. The number of nitrogens with one attached hydrogen (secondary N) is 2. The maximum atomic E-state index is 13.3. The van der Waals surface area contributed by atoms with Crippen LogP contribution >= 0.6 is 0 Å². The number of amides is 2. The van der Waals surface area contributed by atoms with Crippen molar-refractivity contribution >= 4 is 27.5 Å². The molecule has 2 aromatic rings. The number of hydrogen-bond acceptors (Lipinski definition) is 9. The molecule has 2 aliphatic carbocycles. The second kappa shape index (κ2) is 9.72. The van der Waals surface area contributed by atoms with Crippen LogP contribution in [0.4, 0.5) is 5.69 Å². The van der Waals surface area contributed by atoms with Crippen LogP contribution in [0.25, 0.3) is 0 Å². The predicted molar refractivity (Wildman–Crippen MR) is 154 cm³/mol. The van der Waals surface area contributed by atoms with Crippen LogP contribution in [0.5, 0.6) is 11.5 Å². The number of phenols is 1. The lowest BCUT2D eigenvalue weighted by Crippen LogP contribution is -2.73. The lowest BCUT2D eigenvalue weighted by Gasteiger charge is -2.59. The van der Waals surface area contributed by atoms with Crippen molar-refractivity contribution in [3.05, 3.63) is 64.4 Å². The highest BCUT2D eigenvalue weighted by Gasteiger charge is 2.69. The van der Waals surface area contributed by atoms with Crippen LogP contribution in [0.3, 0.4) is 0 Å². The number of aliphatic hydroxyl groups is 2. The van der Waals surface area contributed by atoms with E-state index in [0.29, 0.717) is 36.6 Å². The number of anilines is 1. The van der Waals surface area contributed by atoms with Crippen LogP contribution in [-0.4, -0.2) is 77.5 Å². The molecule has 42 heavy (non-hydrogen) atoms. The first-order chi connectivity index (χ1) is 19.7. The van der Waals surface area contributed by atoms with Crippen molar-refractivity contribution in [2.75, 3.05) is 24.7 Å². The van der Waals surface area contributed by atoms with Crippen LogP contribution in [0.1, 0.15) is 54.6 Å². The highest BCUT2D eigenvalue weighted by molar-refractivity contribution is 7.89. The summed E-state index contributed by atoms with van der Waals surface area (Å²) in [5.41, 5.74) is -0.388. The Bertz CT molecular complexity index is 1610. The number of ether oxygens (including phenoxy) is 1. The molecule has 2 amide bonds. The summed E-state index contributed by atoms with van der Waals surface area (Å²) in [5, 5.41) is 37.3. The van der Waals surface area contributed by atoms with Crippen molar-refractivity contribution in [2.45, 2.75) is 62.7 Å². The minimum atomic E-state index is -3.73. The average Bonchev–Trinajstić information content (AvgIpc) is 3.66. The minimum absolute atomic E-state index is 0.0274. The number of aromatic hydroxyl groups is 1. The van der Waals surface area contributed by atoms with Gasteiger partial charge in [0.15, 0.2) is 17.6 Å². The van der Waals surface area contributed by atoms with Crippen molar-refractivity contribution in [1.29, 1.82) is 0 Å². The molecule has 4 aliphatic rings. The summed E-state index contributed by atoms with van der Waals surface area (Å²) in [6, 6.07) is 8.82. The van der Waals surface area contributed by atoms with Gasteiger partial charge in [-0.2, -0.15) is 0 Å². The zero-order chi connectivity index (χ0) is 30.2. The van der Waals surface area contributed by atoms with Crippen molar-refractivity contribution in [2.24, 2.45) is 5.92 Å². The topological polar surface area (TPSA) is 166 Å². The van der Waals surface area contributed by atoms with Gasteiger partial charge >= 0.3 is 0 Å². The summed E-state index contributed by atoms with van der Waals surface area (Å²) < 4.78 is 30.8. The average molecular weight is 598 g/mol. The summed E-state index contributed by atoms with van der Waals surface area (Å²) in [6.45, 7) is 4.82.